The van der Waals surface area contributed by atoms with Gasteiger partial charge in [-0.3, -0.25) is 9.69 Å². The van der Waals surface area contributed by atoms with E-state index in [0.29, 0.717) is 31.0 Å². The van der Waals surface area contributed by atoms with Crippen LogP contribution in [0.3, 0.4) is 0 Å². The van der Waals surface area contributed by atoms with E-state index in [2.05, 4.69) is 14.9 Å². The largest absolute Gasteiger partial charge is 0.383 e. The molecule has 2 rings (SSSR count). The van der Waals surface area contributed by atoms with Crippen molar-refractivity contribution in [2.45, 2.75) is 6.54 Å². The van der Waals surface area contributed by atoms with Gasteiger partial charge in [0.05, 0.1) is 30.7 Å². The van der Waals surface area contributed by atoms with Crippen LogP contribution in [0.2, 0.25) is 0 Å². The number of fused-ring (bicyclic) bond motifs is 1. The highest BCUT2D eigenvalue weighted by Crippen LogP contribution is 2.07. The van der Waals surface area contributed by atoms with Gasteiger partial charge in [-0.15, -0.1) is 0 Å². The molecule has 1 aromatic heterocycles. The summed E-state index contributed by atoms with van der Waals surface area (Å²) in [4.78, 5) is 21.5. The quantitative estimate of drug-likeness (QED) is 0.786. The Labute approximate surface area is 123 Å². The van der Waals surface area contributed by atoms with Gasteiger partial charge in [0.15, 0.2) is 0 Å². The van der Waals surface area contributed by atoms with Crippen molar-refractivity contribution in [3.63, 3.8) is 0 Å². The lowest BCUT2D eigenvalue weighted by Crippen LogP contribution is -2.31. The van der Waals surface area contributed by atoms with Gasteiger partial charge >= 0.3 is 0 Å². The molecule has 1 N–H and O–H groups in total. The number of nitrogens with zero attached hydrogens (tertiary/aromatic N) is 2. The summed E-state index contributed by atoms with van der Waals surface area (Å²) in [5.41, 5.74) is 0.615. The van der Waals surface area contributed by atoms with Gasteiger partial charge in [0.25, 0.3) is 5.56 Å². The van der Waals surface area contributed by atoms with Crippen molar-refractivity contribution in [2.75, 3.05) is 40.5 Å². The molecule has 0 fully saturated rings. The number of rotatable bonds is 8. The van der Waals surface area contributed by atoms with Crippen LogP contribution in [-0.4, -0.2) is 55.4 Å². The highest BCUT2D eigenvalue weighted by molar-refractivity contribution is 5.77. The second-order valence-corrected chi connectivity index (χ2v) is 4.79. The lowest BCUT2D eigenvalue weighted by molar-refractivity contribution is 0.109. The molecule has 0 saturated carbocycles. The van der Waals surface area contributed by atoms with E-state index < -0.39 is 0 Å². The SMILES string of the molecule is COCCN(CCOC)Cc1nc2ccccc2c(=O)[nH]1. The zero-order chi connectivity index (χ0) is 15.1. The number of ether oxygens (including phenoxy) is 2. The second kappa shape index (κ2) is 7.87. The normalized spacial score (nSPS) is 11.4. The number of benzene rings is 1. The van der Waals surface area contributed by atoms with Gasteiger partial charge < -0.3 is 14.5 Å². The number of aromatic nitrogens is 2. The van der Waals surface area contributed by atoms with Crippen LogP contribution in [0.5, 0.6) is 0 Å². The Morgan fingerprint density at radius 3 is 2.48 bits per heavy atom. The molecule has 0 radical (unpaired) electrons. The molecule has 0 aliphatic carbocycles. The summed E-state index contributed by atoms with van der Waals surface area (Å²) < 4.78 is 10.2. The number of H-pyrrole nitrogens is 1. The molecular weight excluding hydrogens is 270 g/mol. The van der Waals surface area contributed by atoms with Crippen molar-refractivity contribution in [1.82, 2.24) is 14.9 Å². The van der Waals surface area contributed by atoms with Crippen LogP contribution >= 0.6 is 0 Å². The molecule has 0 bridgehead atoms. The molecule has 0 unspecified atom stereocenters. The maximum atomic E-state index is 12.0. The van der Waals surface area contributed by atoms with Crippen LogP contribution in [0.4, 0.5) is 0 Å². The molecular formula is C15H21N3O3. The van der Waals surface area contributed by atoms with Gasteiger partial charge in [0, 0.05) is 27.3 Å². The fourth-order valence-corrected chi connectivity index (χ4v) is 2.13. The van der Waals surface area contributed by atoms with Gasteiger partial charge in [0.1, 0.15) is 5.82 Å². The molecule has 0 aliphatic heterocycles. The minimum atomic E-state index is -0.103. The Hall–Kier alpha value is -1.76. The predicted octanol–water partition coefficient (Wildman–Crippen LogP) is 1.02. The van der Waals surface area contributed by atoms with E-state index in [1.165, 1.54) is 0 Å². The molecule has 114 valence electrons. The Balaban J connectivity index is 2.17. The number of methoxy groups -OCH3 is 2. The molecule has 6 heteroatoms. The Morgan fingerprint density at radius 1 is 1.14 bits per heavy atom. The zero-order valence-electron chi connectivity index (χ0n) is 12.5. The van der Waals surface area contributed by atoms with E-state index in [1.807, 2.05) is 18.2 Å². The summed E-state index contributed by atoms with van der Waals surface area (Å²) >= 11 is 0. The number of hydrogen-bond donors (Lipinski definition) is 1. The highest BCUT2D eigenvalue weighted by atomic mass is 16.5. The van der Waals surface area contributed by atoms with Gasteiger partial charge in [-0.05, 0) is 12.1 Å². The average molecular weight is 291 g/mol. The molecule has 0 saturated heterocycles. The molecule has 0 aliphatic rings. The first-order chi connectivity index (χ1) is 10.2. The van der Waals surface area contributed by atoms with E-state index in [4.69, 9.17) is 9.47 Å². The lowest BCUT2D eigenvalue weighted by atomic mass is 10.2. The van der Waals surface area contributed by atoms with E-state index in [0.717, 1.165) is 18.6 Å². The van der Waals surface area contributed by atoms with Gasteiger partial charge in [0.2, 0.25) is 0 Å². The van der Waals surface area contributed by atoms with Gasteiger partial charge in [-0.2, -0.15) is 0 Å². The average Bonchev–Trinajstić information content (AvgIpc) is 2.50. The molecule has 21 heavy (non-hydrogen) atoms. The third-order valence-corrected chi connectivity index (χ3v) is 3.26. The maximum Gasteiger partial charge on any atom is 0.258 e. The number of para-hydroxylation sites is 1. The number of aromatic amines is 1. The Bertz CT molecular complexity index is 619. The third kappa shape index (κ3) is 4.35. The van der Waals surface area contributed by atoms with Crippen molar-refractivity contribution < 1.29 is 9.47 Å². The standard InChI is InChI=1S/C15H21N3O3/c1-20-9-7-18(8-10-21-2)11-14-16-13-6-4-3-5-12(13)15(19)17-14/h3-6H,7-11H2,1-2H3,(H,16,17,19). The minimum absolute atomic E-state index is 0.103. The predicted molar refractivity (Wildman–Crippen MR) is 81.4 cm³/mol. The number of nitrogens with one attached hydrogen (secondary N) is 1. The lowest BCUT2D eigenvalue weighted by Gasteiger charge is -2.20. The van der Waals surface area contributed by atoms with E-state index in [9.17, 15) is 4.79 Å². The summed E-state index contributed by atoms with van der Waals surface area (Å²) in [5.74, 6) is 0.658. The van der Waals surface area contributed by atoms with Crippen molar-refractivity contribution in [2.24, 2.45) is 0 Å². The summed E-state index contributed by atoms with van der Waals surface area (Å²) in [6.45, 7) is 3.34. The van der Waals surface area contributed by atoms with E-state index >= 15 is 0 Å². The van der Waals surface area contributed by atoms with Crippen molar-refractivity contribution >= 4 is 10.9 Å². The van der Waals surface area contributed by atoms with Gasteiger partial charge in [-0.25, -0.2) is 4.98 Å². The minimum Gasteiger partial charge on any atom is -0.383 e. The zero-order valence-corrected chi connectivity index (χ0v) is 12.5. The van der Waals surface area contributed by atoms with Crippen molar-refractivity contribution in [1.29, 1.82) is 0 Å². The summed E-state index contributed by atoms with van der Waals surface area (Å²) in [5, 5.41) is 0.613. The second-order valence-electron chi connectivity index (χ2n) is 4.79. The molecule has 0 amide bonds. The first-order valence-electron chi connectivity index (χ1n) is 6.92. The van der Waals surface area contributed by atoms with Crippen molar-refractivity contribution in [3.8, 4) is 0 Å². The van der Waals surface area contributed by atoms with Crippen LogP contribution < -0.4 is 5.56 Å². The molecule has 1 heterocycles. The fourth-order valence-electron chi connectivity index (χ4n) is 2.13. The monoisotopic (exact) mass is 291 g/mol. The Morgan fingerprint density at radius 2 is 1.81 bits per heavy atom. The first kappa shape index (κ1) is 15.6. The first-order valence-corrected chi connectivity index (χ1v) is 6.92. The summed E-state index contributed by atoms with van der Waals surface area (Å²) in [7, 11) is 3.34. The Kier molecular flexibility index (Phi) is 5.86. The van der Waals surface area contributed by atoms with E-state index in [-0.39, 0.29) is 5.56 Å². The molecule has 1 aromatic carbocycles. The van der Waals surface area contributed by atoms with Crippen LogP contribution in [0.1, 0.15) is 5.82 Å². The third-order valence-electron chi connectivity index (χ3n) is 3.26. The molecule has 0 atom stereocenters. The molecule has 2 aromatic rings. The van der Waals surface area contributed by atoms with Crippen LogP contribution in [-0.2, 0) is 16.0 Å². The van der Waals surface area contributed by atoms with Crippen molar-refractivity contribution in [3.05, 3.63) is 40.4 Å². The highest BCUT2D eigenvalue weighted by Gasteiger charge is 2.09. The molecule has 0 spiro atoms. The summed E-state index contributed by atoms with van der Waals surface area (Å²) in [6.07, 6.45) is 0. The van der Waals surface area contributed by atoms with Crippen LogP contribution in [0, 0.1) is 0 Å². The topological polar surface area (TPSA) is 67.5 Å². The molecule has 6 nitrogen and oxygen atoms in total. The van der Waals surface area contributed by atoms with Crippen LogP contribution in [0.15, 0.2) is 29.1 Å². The van der Waals surface area contributed by atoms with Crippen LogP contribution in [0.25, 0.3) is 10.9 Å². The number of hydrogen-bond acceptors (Lipinski definition) is 5. The van der Waals surface area contributed by atoms with Gasteiger partial charge in [-0.1, -0.05) is 12.1 Å². The maximum absolute atomic E-state index is 12.0. The smallest absolute Gasteiger partial charge is 0.258 e. The fraction of sp³-hybridized carbons (Fsp3) is 0.467. The van der Waals surface area contributed by atoms with E-state index in [1.54, 1.807) is 20.3 Å². The summed E-state index contributed by atoms with van der Waals surface area (Å²) in [6, 6.07) is 7.34.